The lowest BCUT2D eigenvalue weighted by Crippen LogP contribution is -2.19. The minimum absolute atomic E-state index is 0.0528. The molecule has 0 unspecified atom stereocenters. The Labute approximate surface area is 119 Å². The van der Waals surface area contributed by atoms with E-state index in [0.717, 1.165) is 6.20 Å². The van der Waals surface area contributed by atoms with Crippen molar-refractivity contribution < 1.29 is 13.6 Å². The molecule has 1 heterocycles. The number of oxime groups is 1. The zero-order valence-corrected chi connectivity index (χ0v) is 11.5. The van der Waals surface area contributed by atoms with Gasteiger partial charge in [0.15, 0.2) is 5.84 Å². The number of rotatable bonds is 4. The van der Waals surface area contributed by atoms with E-state index < -0.39 is 10.0 Å². The van der Waals surface area contributed by atoms with Gasteiger partial charge in [-0.25, -0.2) is 8.42 Å². The van der Waals surface area contributed by atoms with Crippen molar-refractivity contribution >= 4 is 33.1 Å². The number of benzene rings is 1. The molecular formula is C10H10ClN5O3S. The topological polar surface area (TPSA) is 133 Å². The maximum Gasteiger partial charge on any atom is 0.265 e. The van der Waals surface area contributed by atoms with Crippen molar-refractivity contribution in [3.8, 4) is 0 Å². The van der Waals surface area contributed by atoms with Crippen molar-refractivity contribution in [2.24, 2.45) is 10.9 Å². The molecule has 10 heteroatoms. The number of halogens is 1. The van der Waals surface area contributed by atoms with E-state index in [1.54, 1.807) is 0 Å². The predicted molar refractivity (Wildman–Crippen MR) is 73.4 cm³/mol. The van der Waals surface area contributed by atoms with Gasteiger partial charge in [0, 0.05) is 16.8 Å². The van der Waals surface area contributed by atoms with Crippen LogP contribution in [0.3, 0.4) is 0 Å². The van der Waals surface area contributed by atoms with Gasteiger partial charge in [-0.15, -0.1) is 0 Å². The highest BCUT2D eigenvalue weighted by Gasteiger charge is 2.18. The molecule has 0 radical (unpaired) electrons. The highest BCUT2D eigenvalue weighted by atomic mass is 35.5. The van der Waals surface area contributed by atoms with Crippen LogP contribution in [0.4, 0.5) is 5.69 Å². The van der Waals surface area contributed by atoms with Crippen molar-refractivity contribution in [3.05, 3.63) is 41.2 Å². The van der Waals surface area contributed by atoms with Crippen molar-refractivity contribution in [1.82, 2.24) is 10.2 Å². The minimum atomic E-state index is -3.85. The van der Waals surface area contributed by atoms with Crippen LogP contribution in [0.1, 0.15) is 5.56 Å². The van der Waals surface area contributed by atoms with Crippen LogP contribution in [0.15, 0.2) is 40.6 Å². The molecule has 0 saturated carbocycles. The highest BCUT2D eigenvalue weighted by Crippen LogP contribution is 2.23. The summed E-state index contributed by atoms with van der Waals surface area (Å²) < 4.78 is 26.5. The van der Waals surface area contributed by atoms with Gasteiger partial charge in [0.1, 0.15) is 4.90 Å². The fourth-order valence-corrected chi connectivity index (χ4v) is 2.62. The fraction of sp³-hybridized carbons (Fsp3) is 0. The van der Waals surface area contributed by atoms with Gasteiger partial charge in [0.05, 0.1) is 11.9 Å². The van der Waals surface area contributed by atoms with Crippen molar-refractivity contribution in [1.29, 1.82) is 0 Å². The molecule has 0 atom stereocenters. The number of aromatic nitrogens is 2. The molecular weight excluding hydrogens is 306 g/mol. The fourth-order valence-electron chi connectivity index (χ4n) is 1.47. The Balaban J connectivity index is 2.46. The van der Waals surface area contributed by atoms with E-state index >= 15 is 0 Å². The number of hydrogen-bond donors (Lipinski definition) is 4. The first-order valence-electron chi connectivity index (χ1n) is 5.23. The predicted octanol–water partition coefficient (Wildman–Crippen LogP) is 0.958. The van der Waals surface area contributed by atoms with E-state index in [2.05, 4.69) is 20.1 Å². The van der Waals surface area contributed by atoms with Crippen LogP contribution in [-0.4, -0.2) is 29.7 Å². The van der Waals surface area contributed by atoms with E-state index in [1.165, 1.54) is 24.4 Å². The van der Waals surface area contributed by atoms with Gasteiger partial charge in [-0.3, -0.25) is 9.82 Å². The molecule has 20 heavy (non-hydrogen) atoms. The summed E-state index contributed by atoms with van der Waals surface area (Å²) in [6.45, 7) is 0. The van der Waals surface area contributed by atoms with Gasteiger partial charge < -0.3 is 10.9 Å². The summed E-state index contributed by atoms with van der Waals surface area (Å²) in [6, 6.07) is 4.28. The van der Waals surface area contributed by atoms with E-state index in [4.69, 9.17) is 22.5 Å². The lowest BCUT2D eigenvalue weighted by Gasteiger charge is -2.11. The zero-order valence-electron chi connectivity index (χ0n) is 9.91. The first-order valence-corrected chi connectivity index (χ1v) is 7.09. The van der Waals surface area contributed by atoms with Crippen LogP contribution in [0.5, 0.6) is 0 Å². The van der Waals surface area contributed by atoms with Crippen LogP contribution in [0.2, 0.25) is 5.02 Å². The third-order valence-corrected chi connectivity index (χ3v) is 3.96. The average molecular weight is 316 g/mol. The molecule has 0 spiro atoms. The number of sulfonamides is 1. The smallest absolute Gasteiger partial charge is 0.265 e. The average Bonchev–Trinajstić information content (AvgIpc) is 2.92. The minimum Gasteiger partial charge on any atom is -0.409 e. The van der Waals surface area contributed by atoms with Gasteiger partial charge in [-0.2, -0.15) is 5.10 Å². The van der Waals surface area contributed by atoms with Crippen LogP contribution < -0.4 is 10.5 Å². The summed E-state index contributed by atoms with van der Waals surface area (Å²) in [5.41, 5.74) is 5.78. The third kappa shape index (κ3) is 2.83. The summed E-state index contributed by atoms with van der Waals surface area (Å²) in [5, 5.41) is 17.8. The van der Waals surface area contributed by atoms with Gasteiger partial charge in [0.25, 0.3) is 10.0 Å². The Bertz CT molecular complexity index is 742. The number of aromatic amines is 1. The Hall–Kier alpha value is -2.26. The normalized spacial score (nSPS) is 12.3. The molecule has 0 aliphatic carbocycles. The van der Waals surface area contributed by atoms with Gasteiger partial charge >= 0.3 is 0 Å². The Kier molecular flexibility index (Phi) is 3.81. The Morgan fingerprint density at radius 2 is 2.25 bits per heavy atom. The molecule has 8 nitrogen and oxygen atoms in total. The molecule has 0 aliphatic rings. The number of H-pyrrole nitrogens is 1. The Morgan fingerprint density at radius 3 is 2.85 bits per heavy atom. The van der Waals surface area contributed by atoms with Gasteiger partial charge in [-0.05, 0) is 18.2 Å². The van der Waals surface area contributed by atoms with Crippen LogP contribution >= 0.6 is 11.6 Å². The number of nitrogens with two attached hydrogens (primary N) is 1. The first-order chi connectivity index (χ1) is 9.44. The lowest BCUT2D eigenvalue weighted by molar-refractivity contribution is 0.318. The molecule has 0 bridgehead atoms. The van der Waals surface area contributed by atoms with Crippen molar-refractivity contribution in [3.63, 3.8) is 0 Å². The molecule has 0 fully saturated rings. The highest BCUT2D eigenvalue weighted by molar-refractivity contribution is 7.92. The summed E-state index contributed by atoms with van der Waals surface area (Å²) in [4.78, 5) is -0.0528. The molecule has 1 aromatic heterocycles. The van der Waals surface area contributed by atoms with Crippen molar-refractivity contribution in [2.75, 3.05) is 4.72 Å². The zero-order chi connectivity index (χ0) is 14.8. The second kappa shape index (κ2) is 5.39. The van der Waals surface area contributed by atoms with E-state index in [9.17, 15) is 8.42 Å². The summed E-state index contributed by atoms with van der Waals surface area (Å²) >= 11 is 5.82. The maximum atomic E-state index is 12.1. The van der Waals surface area contributed by atoms with Crippen LogP contribution in [0.25, 0.3) is 0 Å². The first kappa shape index (κ1) is 14.2. The second-order valence-electron chi connectivity index (χ2n) is 3.71. The summed E-state index contributed by atoms with van der Waals surface area (Å²) in [7, 11) is -3.85. The van der Waals surface area contributed by atoms with E-state index in [1.807, 2.05) is 0 Å². The SMILES string of the molecule is NC(=NO)c1ccc(Cl)cc1NS(=O)(=O)c1cn[nH]c1. The summed E-state index contributed by atoms with van der Waals surface area (Å²) in [6.07, 6.45) is 2.37. The summed E-state index contributed by atoms with van der Waals surface area (Å²) in [5.74, 6) is -0.244. The van der Waals surface area contributed by atoms with E-state index in [-0.39, 0.29) is 22.0 Å². The number of amidine groups is 1. The second-order valence-corrected chi connectivity index (χ2v) is 5.83. The molecule has 5 N–H and O–H groups in total. The molecule has 0 saturated heterocycles. The molecule has 106 valence electrons. The van der Waals surface area contributed by atoms with Crippen LogP contribution in [0, 0.1) is 0 Å². The number of hydrogen-bond acceptors (Lipinski definition) is 5. The van der Waals surface area contributed by atoms with Gasteiger partial charge in [-0.1, -0.05) is 16.8 Å². The molecule has 2 rings (SSSR count). The van der Waals surface area contributed by atoms with Crippen molar-refractivity contribution in [2.45, 2.75) is 4.90 Å². The quantitative estimate of drug-likeness (QED) is 0.288. The number of nitrogens with one attached hydrogen (secondary N) is 2. The van der Waals surface area contributed by atoms with Gasteiger partial charge in [0.2, 0.25) is 0 Å². The Morgan fingerprint density at radius 1 is 1.50 bits per heavy atom. The van der Waals surface area contributed by atoms with E-state index in [0.29, 0.717) is 5.02 Å². The number of anilines is 1. The lowest BCUT2D eigenvalue weighted by atomic mass is 10.1. The largest absolute Gasteiger partial charge is 0.409 e. The standard InChI is InChI=1S/C10H10ClN5O3S/c11-6-1-2-8(10(12)15-17)9(3-6)16-20(18,19)7-4-13-14-5-7/h1-5,16-17H,(H2,12,15)(H,13,14). The molecule has 0 aliphatic heterocycles. The monoisotopic (exact) mass is 315 g/mol. The maximum absolute atomic E-state index is 12.1. The molecule has 0 amide bonds. The van der Waals surface area contributed by atoms with Crippen LogP contribution in [-0.2, 0) is 10.0 Å². The number of nitrogens with zero attached hydrogens (tertiary/aromatic N) is 2. The molecule has 2 aromatic rings. The molecule has 1 aromatic carbocycles. The third-order valence-electron chi connectivity index (χ3n) is 2.39.